The van der Waals surface area contributed by atoms with E-state index < -0.39 is 0 Å². The number of hydrogen-bond donors (Lipinski definition) is 2. The average Bonchev–Trinajstić information content (AvgIpc) is 2.87. The topological polar surface area (TPSA) is 67.1 Å². The zero-order valence-electron chi connectivity index (χ0n) is 13.9. The van der Waals surface area contributed by atoms with Gasteiger partial charge in [0, 0.05) is 19.6 Å². The number of nitrogens with one attached hydrogen (secondary N) is 2. The van der Waals surface area contributed by atoms with Crippen molar-refractivity contribution in [2.75, 3.05) is 6.54 Å². The van der Waals surface area contributed by atoms with Gasteiger partial charge in [0.1, 0.15) is 18.7 Å². The van der Waals surface area contributed by atoms with Gasteiger partial charge in [-0.15, -0.1) is 0 Å². The van der Waals surface area contributed by atoms with Crippen molar-refractivity contribution in [1.29, 1.82) is 0 Å². The van der Waals surface area contributed by atoms with Gasteiger partial charge in [-0.25, -0.2) is 9.98 Å². The minimum atomic E-state index is 0.430. The van der Waals surface area contributed by atoms with Gasteiger partial charge in [-0.2, -0.15) is 5.10 Å². The van der Waals surface area contributed by atoms with Gasteiger partial charge in [-0.05, 0) is 20.3 Å². The molecule has 120 valence electrons. The summed E-state index contributed by atoms with van der Waals surface area (Å²) in [5.41, 5.74) is 0. The second kappa shape index (κ2) is 10.2. The Morgan fingerprint density at radius 1 is 1.33 bits per heavy atom. The maximum Gasteiger partial charge on any atom is 0.191 e. The molecule has 1 atom stereocenters. The van der Waals surface area contributed by atoms with Crippen LogP contribution in [-0.2, 0) is 13.6 Å². The van der Waals surface area contributed by atoms with Crippen molar-refractivity contribution in [2.45, 2.75) is 65.5 Å². The highest BCUT2D eigenvalue weighted by Crippen LogP contribution is 2.05. The maximum atomic E-state index is 4.57. The summed E-state index contributed by atoms with van der Waals surface area (Å²) in [6.45, 7) is 7.91. The second-order valence-electron chi connectivity index (χ2n) is 5.39. The smallest absolute Gasteiger partial charge is 0.191 e. The zero-order valence-corrected chi connectivity index (χ0v) is 13.9. The molecule has 0 spiro atoms. The van der Waals surface area contributed by atoms with Gasteiger partial charge in [-0.3, -0.25) is 4.68 Å². The van der Waals surface area contributed by atoms with Crippen molar-refractivity contribution in [3.05, 3.63) is 12.2 Å². The Morgan fingerprint density at radius 2 is 2.14 bits per heavy atom. The highest BCUT2D eigenvalue weighted by Gasteiger charge is 2.06. The van der Waals surface area contributed by atoms with Crippen molar-refractivity contribution in [3.8, 4) is 0 Å². The van der Waals surface area contributed by atoms with Gasteiger partial charge in [0.15, 0.2) is 5.96 Å². The van der Waals surface area contributed by atoms with Gasteiger partial charge in [0.2, 0.25) is 0 Å². The van der Waals surface area contributed by atoms with E-state index in [1.165, 1.54) is 32.1 Å². The first-order chi connectivity index (χ1) is 10.2. The van der Waals surface area contributed by atoms with Gasteiger partial charge < -0.3 is 10.6 Å². The molecule has 0 aliphatic rings. The Hall–Kier alpha value is -1.59. The van der Waals surface area contributed by atoms with Crippen LogP contribution in [0.5, 0.6) is 0 Å². The van der Waals surface area contributed by atoms with Crippen molar-refractivity contribution >= 4 is 5.96 Å². The Bertz CT molecular complexity index is 412. The monoisotopic (exact) mass is 294 g/mol. The summed E-state index contributed by atoms with van der Waals surface area (Å²) in [6.07, 6.45) is 7.92. The standard InChI is InChI=1S/C15H30N6/c1-5-7-8-9-10-13(3)20-15(16-6-2)17-11-14-18-12-19-21(14)4/h12-13H,5-11H2,1-4H3,(H2,16,17,20). The highest BCUT2D eigenvalue weighted by molar-refractivity contribution is 5.79. The summed E-state index contributed by atoms with van der Waals surface area (Å²) in [7, 11) is 1.88. The number of aliphatic imine (C=N–C) groups is 1. The van der Waals surface area contributed by atoms with E-state index in [0.717, 1.165) is 18.3 Å². The molecule has 1 aromatic rings. The molecule has 0 radical (unpaired) electrons. The van der Waals surface area contributed by atoms with E-state index in [0.29, 0.717) is 12.6 Å². The zero-order chi connectivity index (χ0) is 15.5. The van der Waals surface area contributed by atoms with Crippen molar-refractivity contribution in [2.24, 2.45) is 12.0 Å². The molecule has 1 unspecified atom stereocenters. The molecule has 1 aromatic heterocycles. The number of aryl methyl sites for hydroxylation is 1. The average molecular weight is 294 g/mol. The summed E-state index contributed by atoms with van der Waals surface area (Å²) >= 11 is 0. The lowest BCUT2D eigenvalue weighted by molar-refractivity contribution is 0.536. The number of hydrogen-bond acceptors (Lipinski definition) is 3. The van der Waals surface area contributed by atoms with E-state index in [4.69, 9.17) is 0 Å². The molecule has 6 nitrogen and oxygen atoms in total. The van der Waals surface area contributed by atoms with Crippen LogP contribution in [0, 0.1) is 0 Å². The van der Waals surface area contributed by atoms with Crippen LogP contribution in [-0.4, -0.2) is 33.3 Å². The molecule has 0 aromatic carbocycles. The van der Waals surface area contributed by atoms with Crippen LogP contribution in [0.4, 0.5) is 0 Å². The highest BCUT2D eigenvalue weighted by atomic mass is 15.3. The SMILES string of the molecule is CCCCCCC(C)NC(=NCc1ncnn1C)NCC. The van der Waals surface area contributed by atoms with E-state index in [1.54, 1.807) is 11.0 Å². The molecule has 2 N–H and O–H groups in total. The lowest BCUT2D eigenvalue weighted by Crippen LogP contribution is -2.42. The molecular formula is C15H30N6. The lowest BCUT2D eigenvalue weighted by atomic mass is 10.1. The van der Waals surface area contributed by atoms with Crippen LogP contribution < -0.4 is 10.6 Å². The van der Waals surface area contributed by atoms with Crippen molar-refractivity contribution < 1.29 is 0 Å². The number of rotatable bonds is 9. The van der Waals surface area contributed by atoms with Gasteiger partial charge in [-0.1, -0.05) is 32.6 Å². The minimum Gasteiger partial charge on any atom is -0.357 e. The molecule has 0 saturated heterocycles. The summed E-state index contributed by atoms with van der Waals surface area (Å²) in [5.74, 6) is 1.71. The lowest BCUT2D eigenvalue weighted by Gasteiger charge is -2.17. The molecule has 1 rings (SSSR count). The quantitative estimate of drug-likeness (QED) is 0.416. The molecule has 6 heteroatoms. The number of aromatic nitrogens is 3. The summed E-state index contributed by atoms with van der Waals surface area (Å²) in [5, 5.41) is 10.8. The van der Waals surface area contributed by atoms with Crippen LogP contribution in [0.25, 0.3) is 0 Å². The molecule has 21 heavy (non-hydrogen) atoms. The first kappa shape index (κ1) is 17.5. The second-order valence-corrected chi connectivity index (χ2v) is 5.39. The van der Waals surface area contributed by atoms with E-state index in [-0.39, 0.29) is 0 Å². The number of nitrogens with zero attached hydrogens (tertiary/aromatic N) is 4. The summed E-state index contributed by atoms with van der Waals surface area (Å²) in [4.78, 5) is 8.76. The van der Waals surface area contributed by atoms with Crippen LogP contribution in [0.2, 0.25) is 0 Å². The third-order valence-electron chi connectivity index (χ3n) is 3.40. The van der Waals surface area contributed by atoms with E-state index >= 15 is 0 Å². The van der Waals surface area contributed by atoms with E-state index in [9.17, 15) is 0 Å². The molecule has 0 bridgehead atoms. The largest absolute Gasteiger partial charge is 0.357 e. The number of guanidine groups is 1. The van der Waals surface area contributed by atoms with Crippen LogP contribution >= 0.6 is 0 Å². The fourth-order valence-electron chi connectivity index (χ4n) is 2.12. The van der Waals surface area contributed by atoms with Gasteiger partial charge in [0.25, 0.3) is 0 Å². The van der Waals surface area contributed by atoms with E-state index in [1.807, 2.05) is 7.05 Å². The predicted octanol–water partition coefficient (Wildman–Crippen LogP) is 2.23. The molecule has 0 aliphatic heterocycles. The van der Waals surface area contributed by atoms with Gasteiger partial charge >= 0.3 is 0 Å². The first-order valence-electron chi connectivity index (χ1n) is 8.05. The third-order valence-corrected chi connectivity index (χ3v) is 3.40. The van der Waals surface area contributed by atoms with Crippen molar-refractivity contribution in [3.63, 3.8) is 0 Å². The van der Waals surface area contributed by atoms with Crippen LogP contribution in [0.15, 0.2) is 11.3 Å². The molecule has 0 aliphatic carbocycles. The fourth-order valence-corrected chi connectivity index (χ4v) is 2.12. The molecule has 0 saturated carbocycles. The fraction of sp³-hybridized carbons (Fsp3) is 0.800. The summed E-state index contributed by atoms with van der Waals surface area (Å²) < 4.78 is 1.75. The predicted molar refractivity (Wildman–Crippen MR) is 87.2 cm³/mol. The molecule has 0 fully saturated rings. The number of unbranched alkanes of at least 4 members (excludes halogenated alkanes) is 3. The molecule has 0 amide bonds. The minimum absolute atomic E-state index is 0.430. The van der Waals surface area contributed by atoms with E-state index in [2.05, 4.69) is 46.5 Å². The normalized spacial score (nSPS) is 13.2. The van der Waals surface area contributed by atoms with Crippen LogP contribution in [0.1, 0.15) is 58.7 Å². The van der Waals surface area contributed by atoms with Crippen molar-refractivity contribution in [1.82, 2.24) is 25.4 Å². The maximum absolute atomic E-state index is 4.57. The Kier molecular flexibility index (Phi) is 8.47. The van der Waals surface area contributed by atoms with Gasteiger partial charge in [0.05, 0.1) is 0 Å². The Morgan fingerprint density at radius 3 is 2.76 bits per heavy atom. The molecular weight excluding hydrogens is 264 g/mol. The Balaban J connectivity index is 2.42. The Labute approximate surface area is 128 Å². The van der Waals surface area contributed by atoms with Crippen LogP contribution in [0.3, 0.4) is 0 Å². The third kappa shape index (κ3) is 7.11. The first-order valence-corrected chi connectivity index (χ1v) is 8.05. The molecule has 1 heterocycles. The summed E-state index contributed by atoms with van der Waals surface area (Å²) in [6, 6.07) is 0.430.